The van der Waals surface area contributed by atoms with Gasteiger partial charge in [0, 0.05) is 35.4 Å². The summed E-state index contributed by atoms with van der Waals surface area (Å²) in [4.78, 5) is 43.7. The molecule has 9 atom stereocenters. The Labute approximate surface area is 240 Å². The summed E-state index contributed by atoms with van der Waals surface area (Å²) < 4.78 is 6.36. The van der Waals surface area contributed by atoms with Gasteiger partial charge in [0.2, 0.25) is 11.7 Å². The Balaban J connectivity index is 1.60. The lowest BCUT2D eigenvalue weighted by atomic mass is 9.51. The van der Waals surface area contributed by atoms with Crippen molar-refractivity contribution in [2.24, 2.45) is 40.9 Å². The molecule has 41 heavy (non-hydrogen) atoms. The third kappa shape index (κ3) is 3.65. The molecule has 2 bridgehead atoms. The van der Waals surface area contributed by atoms with E-state index in [-0.39, 0.29) is 47.3 Å². The van der Waals surface area contributed by atoms with Crippen molar-refractivity contribution >= 4 is 17.5 Å². The molecule has 0 radical (unpaired) electrons. The highest BCUT2D eigenvalue weighted by Gasteiger charge is 2.70. The Hall–Kier alpha value is -3.13. The molecule has 5 aliphatic rings. The Kier molecular flexibility index (Phi) is 6.45. The van der Waals surface area contributed by atoms with Crippen LogP contribution >= 0.6 is 0 Å². The van der Waals surface area contributed by atoms with E-state index in [0.29, 0.717) is 29.9 Å². The van der Waals surface area contributed by atoms with Gasteiger partial charge in [0.25, 0.3) is 0 Å². The summed E-state index contributed by atoms with van der Waals surface area (Å²) in [6.07, 6.45) is 4.54. The van der Waals surface area contributed by atoms with Crippen molar-refractivity contribution in [2.75, 3.05) is 0 Å². The second-order valence-corrected chi connectivity index (χ2v) is 13.6. The van der Waals surface area contributed by atoms with Crippen LogP contribution in [0, 0.1) is 47.8 Å². The Bertz CT molecular complexity index is 1420. The number of carbonyl (C=O) groups excluding carboxylic acids is 3. The van der Waals surface area contributed by atoms with Crippen LogP contribution in [0.25, 0.3) is 0 Å². The maximum Gasteiger partial charge on any atom is 0.235 e. The highest BCUT2D eigenvalue weighted by molar-refractivity contribution is 6.12. The van der Waals surface area contributed by atoms with E-state index in [1.165, 1.54) is 0 Å². The zero-order valence-corrected chi connectivity index (χ0v) is 24.7. The van der Waals surface area contributed by atoms with Gasteiger partial charge in [0.05, 0.1) is 24.0 Å². The third-order valence-electron chi connectivity index (χ3n) is 10.8. The molecule has 2 aliphatic carbocycles. The van der Waals surface area contributed by atoms with E-state index in [9.17, 15) is 24.9 Å². The van der Waals surface area contributed by atoms with Gasteiger partial charge in [-0.3, -0.25) is 14.4 Å². The smallest absolute Gasteiger partial charge is 0.235 e. The lowest BCUT2D eigenvalue weighted by molar-refractivity contribution is -0.151. The summed E-state index contributed by atoms with van der Waals surface area (Å²) >= 11 is 0. The van der Waals surface area contributed by atoms with E-state index in [1.54, 1.807) is 6.92 Å². The lowest BCUT2D eigenvalue weighted by Crippen LogP contribution is -2.56. The number of fused-ring (bicyclic) bond motifs is 8. The summed E-state index contributed by atoms with van der Waals surface area (Å²) in [6, 6.07) is -0.205. The van der Waals surface area contributed by atoms with Gasteiger partial charge in [-0.1, -0.05) is 44.1 Å². The standard InChI is InChI=1S/C33H41NO7/c1-13(2)10-19-25-16(5)15(4)12-18-11-14(3)8-7-9-20(35)22-24(31(39)33(18,25)32(40)34-19)30-23-21(29(22)41-30)17(6)26(36)28(38)27(23)37/h11-13,16,18-19,22,24-25,29-30,36-38H,7-10H2,1-6H3,(H,34,40)/b14-11-/t16-,18+,19+,22+,24+,25+,29+,30-,33+/m1/s1. The van der Waals surface area contributed by atoms with Crippen LogP contribution in [0.3, 0.4) is 0 Å². The lowest BCUT2D eigenvalue weighted by Gasteiger charge is -2.47. The van der Waals surface area contributed by atoms with Gasteiger partial charge >= 0.3 is 0 Å². The predicted molar refractivity (Wildman–Crippen MR) is 151 cm³/mol. The first kappa shape index (κ1) is 28.0. The number of carbonyl (C=O) groups is 3. The summed E-state index contributed by atoms with van der Waals surface area (Å²) in [7, 11) is 0. The van der Waals surface area contributed by atoms with Crippen molar-refractivity contribution in [2.45, 2.75) is 85.5 Å². The van der Waals surface area contributed by atoms with Crippen molar-refractivity contribution in [1.82, 2.24) is 5.32 Å². The summed E-state index contributed by atoms with van der Waals surface area (Å²) in [5, 5.41) is 35.3. The summed E-state index contributed by atoms with van der Waals surface area (Å²) in [6.45, 7) is 12.0. The molecular weight excluding hydrogens is 522 g/mol. The van der Waals surface area contributed by atoms with Crippen molar-refractivity contribution < 1.29 is 34.4 Å². The maximum absolute atomic E-state index is 15.3. The number of aromatic hydroxyl groups is 3. The Morgan fingerprint density at radius 3 is 2.32 bits per heavy atom. The van der Waals surface area contributed by atoms with E-state index in [4.69, 9.17) is 4.74 Å². The molecule has 8 nitrogen and oxygen atoms in total. The summed E-state index contributed by atoms with van der Waals surface area (Å²) in [5.41, 5.74) is 1.77. The van der Waals surface area contributed by atoms with E-state index < -0.39 is 52.6 Å². The second-order valence-electron chi connectivity index (χ2n) is 13.6. The number of hydrogen-bond donors (Lipinski definition) is 4. The number of allylic oxidation sites excluding steroid dienone is 4. The molecular formula is C33H41NO7. The molecule has 1 aromatic rings. The van der Waals surface area contributed by atoms with Gasteiger partial charge in [-0.15, -0.1) is 0 Å². The molecule has 1 amide bonds. The minimum absolute atomic E-state index is 0.0469. The number of phenolic OH excluding ortho intramolecular Hbond substituents is 3. The average molecular weight is 564 g/mol. The van der Waals surface area contributed by atoms with Crippen LogP contribution < -0.4 is 5.32 Å². The molecule has 1 spiro atoms. The molecule has 6 rings (SSSR count). The van der Waals surface area contributed by atoms with Crippen molar-refractivity contribution in [3.8, 4) is 17.2 Å². The fourth-order valence-corrected chi connectivity index (χ4v) is 8.92. The number of benzene rings is 1. The summed E-state index contributed by atoms with van der Waals surface area (Å²) in [5.74, 6) is -4.81. The zero-order valence-electron chi connectivity index (χ0n) is 24.7. The highest BCUT2D eigenvalue weighted by atomic mass is 16.5. The van der Waals surface area contributed by atoms with Crippen LogP contribution in [0.15, 0.2) is 23.3 Å². The van der Waals surface area contributed by atoms with E-state index in [2.05, 4.69) is 45.2 Å². The largest absolute Gasteiger partial charge is 0.504 e. The number of phenols is 3. The van der Waals surface area contributed by atoms with Crippen molar-refractivity contribution in [3.63, 3.8) is 0 Å². The van der Waals surface area contributed by atoms with Crippen LogP contribution in [0.5, 0.6) is 17.2 Å². The van der Waals surface area contributed by atoms with Crippen LogP contribution in [0.1, 0.15) is 89.2 Å². The molecule has 1 aromatic carbocycles. The predicted octanol–water partition coefficient (Wildman–Crippen LogP) is 5.10. The number of nitrogens with one attached hydrogen (secondary N) is 1. The Morgan fingerprint density at radius 2 is 1.63 bits per heavy atom. The Morgan fingerprint density at radius 1 is 0.951 bits per heavy atom. The molecule has 2 saturated heterocycles. The topological polar surface area (TPSA) is 133 Å². The first-order valence-corrected chi connectivity index (χ1v) is 15.0. The van der Waals surface area contributed by atoms with Crippen molar-refractivity contribution in [1.29, 1.82) is 0 Å². The first-order chi connectivity index (χ1) is 19.3. The van der Waals surface area contributed by atoms with Gasteiger partial charge in [0.1, 0.15) is 11.2 Å². The minimum atomic E-state index is -1.44. The van der Waals surface area contributed by atoms with Crippen LogP contribution in [0.2, 0.25) is 0 Å². The normalized spacial score (nSPS) is 39.2. The van der Waals surface area contributed by atoms with Crippen LogP contribution in [0.4, 0.5) is 0 Å². The molecule has 4 N–H and O–H groups in total. The van der Waals surface area contributed by atoms with Gasteiger partial charge in [0.15, 0.2) is 17.3 Å². The number of rotatable bonds is 2. The SMILES string of the molecule is CC1=C[C@@H]2/C=C(/C)CCCC(=O)[C@H]3[C@H](C(=O)[C@]24C(=O)N[C@@H](CC(C)C)[C@@H]4[C@@H]1C)[C@@H]1O[C@H]3c2c(C)c(O)c(O)c(O)c21. The molecule has 0 unspecified atom stereocenters. The minimum Gasteiger partial charge on any atom is -0.504 e. The van der Waals surface area contributed by atoms with E-state index in [0.717, 1.165) is 17.6 Å². The number of ether oxygens (including phenoxy) is 1. The highest BCUT2D eigenvalue weighted by Crippen LogP contribution is 2.67. The molecule has 0 aromatic heterocycles. The van der Waals surface area contributed by atoms with Gasteiger partial charge in [-0.05, 0) is 57.4 Å². The van der Waals surface area contributed by atoms with Gasteiger partial charge in [-0.25, -0.2) is 0 Å². The van der Waals surface area contributed by atoms with Gasteiger partial charge in [-0.2, -0.15) is 0 Å². The van der Waals surface area contributed by atoms with E-state index in [1.807, 2.05) is 6.92 Å². The first-order valence-electron chi connectivity index (χ1n) is 15.0. The number of hydrogen-bond acceptors (Lipinski definition) is 7. The monoisotopic (exact) mass is 563 g/mol. The van der Waals surface area contributed by atoms with E-state index >= 15 is 4.79 Å². The average Bonchev–Trinajstić information content (AvgIpc) is 3.56. The van der Waals surface area contributed by atoms with Crippen molar-refractivity contribution in [3.05, 3.63) is 40.0 Å². The molecule has 3 heterocycles. The third-order valence-corrected chi connectivity index (χ3v) is 10.8. The molecule has 3 aliphatic heterocycles. The molecule has 8 heteroatoms. The maximum atomic E-state index is 15.3. The van der Waals surface area contributed by atoms with Crippen LogP contribution in [-0.4, -0.2) is 38.8 Å². The molecule has 0 saturated carbocycles. The number of Topliss-reactive ketones (excluding diaryl/α,β-unsaturated/α-hetero) is 2. The fraction of sp³-hybridized carbons (Fsp3) is 0.606. The number of amides is 1. The fourth-order valence-electron chi connectivity index (χ4n) is 8.92. The zero-order chi connectivity index (χ0) is 29.7. The van der Waals surface area contributed by atoms with Crippen LogP contribution in [-0.2, 0) is 19.1 Å². The molecule has 220 valence electrons. The number of ketones is 2. The molecule has 2 fully saturated rings. The van der Waals surface area contributed by atoms with Gasteiger partial charge < -0.3 is 25.4 Å². The quantitative estimate of drug-likeness (QED) is 0.224. The second kappa shape index (κ2) is 9.45.